The quantitative estimate of drug-likeness (QED) is 0.437. The Hall–Kier alpha value is -2.98. The standard InChI is InChI=1S/C28H33NO3/c1-30-25-14-8-22(9-15-25)28(29-20-6-4-5-7-21-29,23-10-16-26(31-2)17-11-23)24-12-18-27(32-3)19-13-24/h8-19H,4-7,20-21H2,1-3H3. The molecule has 1 saturated heterocycles. The first kappa shape index (κ1) is 22.2. The Labute approximate surface area is 191 Å². The third-order valence-electron chi connectivity index (χ3n) is 6.60. The topological polar surface area (TPSA) is 30.9 Å². The van der Waals surface area contributed by atoms with Crippen LogP contribution < -0.4 is 14.2 Å². The van der Waals surface area contributed by atoms with E-state index in [1.807, 2.05) is 0 Å². The largest absolute Gasteiger partial charge is 0.497 e. The number of rotatable bonds is 7. The van der Waals surface area contributed by atoms with Gasteiger partial charge in [0, 0.05) is 0 Å². The second-order valence-corrected chi connectivity index (χ2v) is 8.30. The van der Waals surface area contributed by atoms with Crippen LogP contribution in [0.1, 0.15) is 42.4 Å². The van der Waals surface area contributed by atoms with Crippen LogP contribution in [-0.2, 0) is 5.54 Å². The van der Waals surface area contributed by atoms with E-state index in [0.717, 1.165) is 30.3 Å². The Bertz CT molecular complexity index is 857. The molecule has 0 aromatic heterocycles. The van der Waals surface area contributed by atoms with Crippen molar-refractivity contribution in [2.24, 2.45) is 0 Å². The second-order valence-electron chi connectivity index (χ2n) is 8.30. The molecule has 4 heteroatoms. The Kier molecular flexibility index (Phi) is 7.01. The Morgan fingerprint density at radius 1 is 0.500 bits per heavy atom. The summed E-state index contributed by atoms with van der Waals surface area (Å²) in [6, 6.07) is 25.6. The highest BCUT2D eigenvalue weighted by Gasteiger charge is 2.42. The van der Waals surface area contributed by atoms with Crippen LogP contribution in [-0.4, -0.2) is 39.3 Å². The first-order valence-corrected chi connectivity index (χ1v) is 11.4. The smallest absolute Gasteiger partial charge is 0.118 e. The van der Waals surface area contributed by atoms with Gasteiger partial charge in [-0.25, -0.2) is 0 Å². The number of benzene rings is 3. The zero-order valence-corrected chi connectivity index (χ0v) is 19.3. The van der Waals surface area contributed by atoms with Crippen molar-refractivity contribution < 1.29 is 14.2 Å². The van der Waals surface area contributed by atoms with Crippen molar-refractivity contribution in [3.05, 3.63) is 89.5 Å². The van der Waals surface area contributed by atoms with Crippen molar-refractivity contribution in [2.75, 3.05) is 34.4 Å². The van der Waals surface area contributed by atoms with Gasteiger partial charge in [0.05, 0.1) is 26.9 Å². The Morgan fingerprint density at radius 2 is 0.812 bits per heavy atom. The van der Waals surface area contributed by atoms with Gasteiger partial charge in [0.2, 0.25) is 0 Å². The lowest BCUT2D eigenvalue weighted by molar-refractivity contribution is 0.163. The zero-order chi connectivity index (χ0) is 22.4. The first-order valence-electron chi connectivity index (χ1n) is 11.4. The maximum absolute atomic E-state index is 5.47. The van der Waals surface area contributed by atoms with Crippen LogP contribution in [0.5, 0.6) is 17.2 Å². The molecule has 1 aliphatic heterocycles. The van der Waals surface area contributed by atoms with Crippen molar-refractivity contribution in [1.29, 1.82) is 0 Å². The number of methoxy groups -OCH3 is 3. The summed E-state index contributed by atoms with van der Waals surface area (Å²) in [5.41, 5.74) is 3.27. The monoisotopic (exact) mass is 431 g/mol. The molecule has 4 rings (SSSR count). The lowest BCUT2D eigenvalue weighted by Gasteiger charge is -2.45. The molecule has 0 unspecified atom stereocenters. The van der Waals surface area contributed by atoms with Crippen molar-refractivity contribution in [2.45, 2.75) is 31.2 Å². The fourth-order valence-corrected chi connectivity index (χ4v) is 4.95. The van der Waals surface area contributed by atoms with Crippen LogP contribution in [0.4, 0.5) is 0 Å². The van der Waals surface area contributed by atoms with Gasteiger partial charge in [-0.05, 0) is 79.0 Å². The normalized spacial score (nSPS) is 15.1. The fraction of sp³-hybridized carbons (Fsp3) is 0.357. The van der Waals surface area contributed by atoms with Crippen molar-refractivity contribution in [1.82, 2.24) is 4.90 Å². The van der Waals surface area contributed by atoms with E-state index in [-0.39, 0.29) is 0 Å². The number of likely N-dealkylation sites (tertiary alicyclic amines) is 1. The number of hydrogen-bond acceptors (Lipinski definition) is 4. The summed E-state index contributed by atoms with van der Waals surface area (Å²) < 4.78 is 16.4. The van der Waals surface area contributed by atoms with Gasteiger partial charge < -0.3 is 14.2 Å². The molecule has 168 valence electrons. The second kappa shape index (κ2) is 10.1. The summed E-state index contributed by atoms with van der Waals surface area (Å²) in [7, 11) is 5.14. The SMILES string of the molecule is COc1ccc(C(c2ccc(OC)cc2)(c2ccc(OC)cc2)N2CCCCCC2)cc1. The van der Waals surface area contributed by atoms with E-state index >= 15 is 0 Å². The first-order chi connectivity index (χ1) is 15.7. The van der Waals surface area contributed by atoms with E-state index in [1.54, 1.807) is 21.3 Å². The van der Waals surface area contributed by atoms with Gasteiger partial charge in [0.25, 0.3) is 0 Å². The summed E-state index contributed by atoms with van der Waals surface area (Å²) in [6.07, 6.45) is 4.95. The van der Waals surface area contributed by atoms with E-state index in [9.17, 15) is 0 Å². The summed E-state index contributed by atoms with van der Waals surface area (Å²) in [6.45, 7) is 2.09. The summed E-state index contributed by atoms with van der Waals surface area (Å²) in [5.74, 6) is 2.59. The van der Waals surface area contributed by atoms with Gasteiger partial charge in [-0.3, -0.25) is 4.90 Å². The highest BCUT2D eigenvalue weighted by Crippen LogP contribution is 2.44. The third-order valence-corrected chi connectivity index (χ3v) is 6.60. The van der Waals surface area contributed by atoms with Crippen LogP contribution in [0.3, 0.4) is 0 Å². The van der Waals surface area contributed by atoms with Crippen LogP contribution in [0.25, 0.3) is 0 Å². The maximum Gasteiger partial charge on any atom is 0.118 e. The molecular formula is C28H33NO3. The highest BCUT2D eigenvalue weighted by molar-refractivity contribution is 5.52. The van der Waals surface area contributed by atoms with Gasteiger partial charge in [0.1, 0.15) is 17.2 Å². The third kappa shape index (κ3) is 4.20. The molecule has 32 heavy (non-hydrogen) atoms. The minimum atomic E-state index is -0.421. The Balaban J connectivity index is 1.98. The van der Waals surface area contributed by atoms with E-state index in [2.05, 4.69) is 77.7 Å². The van der Waals surface area contributed by atoms with Crippen molar-refractivity contribution >= 4 is 0 Å². The molecule has 0 aliphatic carbocycles. The average molecular weight is 432 g/mol. The molecule has 1 heterocycles. The van der Waals surface area contributed by atoms with E-state index in [4.69, 9.17) is 14.2 Å². The zero-order valence-electron chi connectivity index (χ0n) is 19.3. The van der Waals surface area contributed by atoms with Gasteiger partial charge >= 0.3 is 0 Å². The van der Waals surface area contributed by atoms with Gasteiger partial charge in [-0.2, -0.15) is 0 Å². The summed E-state index contributed by atoms with van der Waals surface area (Å²) in [4.78, 5) is 2.66. The van der Waals surface area contributed by atoms with E-state index < -0.39 is 5.54 Å². The van der Waals surface area contributed by atoms with Crippen LogP contribution in [0.15, 0.2) is 72.8 Å². The van der Waals surface area contributed by atoms with E-state index in [0.29, 0.717) is 0 Å². The molecule has 0 spiro atoms. The molecule has 1 fully saturated rings. The molecule has 0 atom stereocenters. The van der Waals surface area contributed by atoms with Crippen molar-refractivity contribution in [3.63, 3.8) is 0 Å². The van der Waals surface area contributed by atoms with Crippen LogP contribution in [0, 0.1) is 0 Å². The molecule has 0 N–H and O–H groups in total. The lowest BCUT2D eigenvalue weighted by Crippen LogP contribution is -2.48. The molecule has 0 amide bonds. The van der Waals surface area contributed by atoms with Gasteiger partial charge in [-0.15, -0.1) is 0 Å². The average Bonchev–Trinajstić information content (AvgIpc) is 3.16. The minimum Gasteiger partial charge on any atom is -0.497 e. The molecule has 3 aromatic rings. The predicted octanol–water partition coefficient (Wildman–Crippen LogP) is 5.88. The minimum absolute atomic E-state index is 0.421. The molecule has 4 nitrogen and oxygen atoms in total. The number of hydrogen-bond donors (Lipinski definition) is 0. The molecule has 0 bridgehead atoms. The molecule has 3 aromatic carbocycles. The number of ether oxygens (including phenoxy) is 3. The molecule has 0 saturated carbocycles. The number of nitrogens with zero attached hydrogens (tertiary/aromatic N) is 1. The predicted molar refractivity (Wildman–Crippen MR) is 129 cm³/mol. The van der Waals surface area contributed by atoms with Crippen LogP contribution >= 0.6 is 0 Å². The van der Waals surface area contributed by atoms with E-state index in [1.165, 1.54) is 42.4 Å². The summed E-state index contributed by atoms with van der Waals surface area (Å²) >= 11 is 0. The molecule has 1 aliphatic rings. The van der Waals surface area contributed by atoms with Crippen LogP contribution in [0.2, 0.25) is 0 Å². The lowest BCUT2D eigenvalue weighted by atomic mass is 9.75. The van der Waals surface area contributed by atoms with Gasteiger partial charge in [-0.1, -0.05) is 49.2 Å². The summed E-state index contributed by atoms with van der Waals surface area (Å²) in [5, 5.41) is 0. The highest BCUT2D eigenvalue weighted by atomic mass is 16.5. The maximum atomic E-state index is 5.47. The van der Waals surface area contributed by atoms with Gasteiger partial charge in [0.15, 0.2) is 0 Å². The fourth-order valence-electron chi connectivity index (χ4n) is 4.95. The molecular weight excluding hydrogens is 398 g/mol. The van der Waals surface area contributed by atoms with Crippen molar-refractivity contribution in [3.8, 4) is 17.2 Å². The molecule has 0 radical (unpaired) electrons. The Morgan fingerprint density at radius 3 is 1.09 bits per heavy atom.